The van der Waals surface area contributed by atoms with Crippen molar-refractivity contribution in [1.82, 2.24) is 5.32 Å². The highest BCUT2D eigenvalue weighted by atomic mass is 32.2. The fraction of sp³-hybridized carbons (Fsp3) is 0.643. The van der Waals surface area contributed by atoms with E-state index in [1.165, 1.54) is 31.9 Å². The monoisotopic (exact) mass is 283 g/mol. The van der Waals surface area contributed by atoms with E-state index in [2.05, 4.69) is 5.32 Å². The number of aliphatic hydroxyl groups is 1. The molecule has 1 aliphatic rings. The summed E-state index contributed by atoms with van der Waals surface area (Å²) in [6.07, 6.45) is 6.53. The van der Waals surface area contributed by atoms with Crippen molar-refractivity contribution < 1.29 is 14.3 Å². The number of carbonyl (C=O) groups is 1. The van der Waals surface area contributed by atoms with Crippen LogP contribution < -0.4 is 5.32 Å². The summed E-state index contributed by atoms with van der Waals surface area (Å²) in [5, 5.41) is 13.6. The van der Waals surface area contributed by atoms with Crippen LogP contribution in [0.1, 0.15) is 38.4 Å². The van der Waals surface area contributed by atoms with Crippen LogP contribution in [0.2, 0.25) is 0 Å². The van der Waals surface area contributed by atoms with Gasteiger partial charge in [-0.2, -0.15) is 0 Å². The van der Waals surface area contributed by atoms with Crippen molar-refractivity contribution >= 4 is 17.7 Å². The van der Waals surface area contributed by atoms with Crippen LogP contribution in [0, 0.1) is 0 Å². The molecule has 1 fully saturated rings. The highest BCUT2D eigenvalue weighted by Gasteiger charge is 2.27. The molecule has 2 rings (SSSR count). The molecule has 0 unspecified atom stereocenters. The first-order chi connectivity index (χ1) is 9.08. The van der Waals surface area contributed by atoms with Crippen molar-refractivity contribution in [2.75, 3.05) is 12.3 Å². The Bertz CT molecular complexity index is 397. The summed E-state index contributed by atoms with van der Waals surface area (Å²) >= 11 is 1.72. The zero-order valence-electron chi connectivity index (χ0n) is 11.2. The number of amides is 1. The summed E-state index contributed by atoms with van der Waals surface area (Å²) < 4.78 is 5.17. The molecule has 1 amide bonds. The van der Waals surface area contributed by atoms with Gasteiger partial charge in [0.25, 0.3) is 0 Å². The first kappa shape index (κ1) is 14.5. The number of rotatable bonds is 6. The van der Waals surface area contributed by atoms with E-state index < -0.39 is 5.60 Å². The van der Waals surface area contributed by atoms with E-state index in [1.807, 2.05) is 0 Å². The summed E-state index contributed by atoms with van der Waals surface area (Å²) in [6.45, 7) is 1.81. The third-order valence-electron chi connectivity index (χ3n) is 3.43. The molecular weight excluding hydrogens is 262 g/mol. The van der Waals surface area contributed by atoms with Gasteiger partial charge in [0.2, 0.25) is 5.91 Å². The molecule has 1 saturated carbocycles. The predicted octanol–water partition coefficient (Wildman–Crippen LogP) is 2.28. The van der Waals surface area contributed by atoms with Crippen LogP contribution >= 0.6 is 11.8 Å². The molecule has 1 atom stereocenters. The Kier molecular flexibility index (Phi) is 4.93. The van der Waals surface area contributed by atoms with Gasteiger partial charge in [0.1, 0.15) is 11.4 Å². The Labute approximate surface area is 117 Å². The summed E-state index contributed by atoms with van der Waals surface area (Å²) in [5.41, 5.74) is -1.16. The molecule has 0 spiro atoms. The molecule has 0 bridgehead atoms. The average molecular weight is 283 g/mol. The molecule has 1 aromatic heterocycles. The van der Waals surface area contributed by atoms with E-state index in [1.54, 1.807) is 30.8 Å². The fourth-order valence-corrected chi connectivity index (χ4v) is 3.40. The van der Waals surface area contributed by atoms with Crippen molar-refractivity contribution in [3.05, 3.63) is 24.2 Å². The van der Waals surface area contributed by atoms with Crippen molar-refractivity contribution in [3.8, 4) is 0 Å². The first-order valence-electron chi connectivity index (χ1n) is 6.72. The first-order valence-corrected chi connectivity index (χ1v) is 7.77. The summed E-state index contributed by atoms with van der Waals surface area (Å²) in [6, 6.07) is 3.43. The van der Waals surface area contributed by atoms with Crippen LogP contribution in [-0.2, 0) is 10.4 Å². The summed E-state index contributed by atoms with van der Waals surface area (Å²) in [4.78, 5) is 11.7. The largest absolute Gasteiger partial charge is 0.466 e. The molecule has 4 nitrogen and oxygen atoms in total. The van der Waals surface area contributed by atoms with Crippen molar-refractivity contribution in [3.63, 3.8) is 0 Å². The number of hydrogen-bond acceptors (Lipinski definition) is 4. The van der Waals surface area contributed by atoms with E-state index in [0.717, 1.165) is 0 Å². The number of carbonyl (C=O) groups excluding carboxylic acids is 1. The Balaban J connectivity index is 1.70. The molecule has 106 valence electrons. The highest BCUT2D eigenvalue weighted by molar-refractivity contribution is 8.00. The maximum absolute atomic E-state index is 11.7. The predicted molar refractivity (Wildman–Crippen MR) is 76.0 cm³/mol. The molecule has 1 heterocycles. The molecule has 19 heavy (non-hydrogen) atoms. The van der Waals surface area contributed by atoms with Gasteiger partial charge in [0, 0.05) is 5.25 Å². The van der Waals surface area contributed by atoms with Gasteiger partial charge < -0.3 is 14.8 Å². The van der Waals surface area contributed by atoms with Crippen LogP contribution in [0.3, 0.4) is 0 Å². The zero-order chi connectivity index (χ0) is 13.7. The van der Waals surface area contributed by atoms with E-state index in [9.17, 15) is 9.90 Å². The van der Waals surface area contributed by atoms with Crippen LogP contribution in [0.4, 0.5) is 0 Å². The molecule has 5 heteroatoms. The smallest absolute Gasteiger partial charge is 0.230 e. The van der Waals surface area contributed by atoms with Crippen molar-refractivity contribution in [2.45, 2.75) is 43.5 Å². The highest BCUT2D eigenvalue weighted by Crippen LogP contribution is 2.29. The van der Waals surface area contributed by atoms with Gasteiger partial charge in [-0.15, -0.1) is 11.8 Å². The third kappa shape index (κ3) is 4.28. The zero-order valence-corrected chi connectivity index (χ0v) is 12.0. The van der Waals surface area contributed by atoms with E-state index in [0.29, 0.717) is 16.8 Å². The Morgan fingerprint density at radius 3 is 2.95 bits per heavy atom. The number of thioether (sulfide) groups is 1. The molecule has 0 aliphatic heterocycles. The lowest BCUT2D eigenvalue weighted by molar-refractivity contribution is -0.119. The standard InChI is InChI=1S/C14H21NO3S/c1-14(17,12-7-4-8-18-12)10-15-13(16)9-19-11-5-2-3-6-11/h4,7-8,11,17H,2-3,5-6,9-10H2,1H3,(H,15,16)/t14-/m1/s1. The van der Waals surface area contributed by atoms with Crippen molar-refractivity contribution in [2.24, 2.45) is 0 Å². The SMILES string of the molecule is C[C@@](O)(CNC(=O)CSC1CCCC1)c1ccco1. The number of hydrogen-bond donors (Lipinski definition) is 2. The van der Waals surface area contributed by atoms with Gasteiger partial charge in [0.05, 0.1) is 18.6 Å². The van der Waals surface area contributed by atoms with E-state index in [4.69, 9.17) is 4.42 Å². The minimum atomic E-state index is -1.16. The average Bonchev–Trinajstić information content (AvgIpc) is 3.06. The topological polar surface area (TPSA) is 62.5 Å². The Morgan fingerprint density at radius 1 is 1.58 bits per heavy atom. The fourth-order valence-electron chi connectivity index (χ4n) is 2.24. The van der Waals surface area contributed by atoms with Gasteiger partial charge in [-0.05, 0) is 31.9 Å². The summed E-state index contributed by atoms with van der Waals surface area (Å²) in [7, 11) is 0. The second kappa shape index (κ2) is 6.48. The Morgan fingerprint density at radius 2 is 2.32 bits per heavy atom. The maximum Gasteiger partial charge on any atom is 0.230 e. The minimum Gasteiger partial charge on any atom is -0.466 e. The van der Waals surface area contributed by atoms with E-state index >= 15 is 0 Å². The lowest BCUT2D eigenvalue weighted by Gasteiger charge is -2.21. The molecule has 1 aliphatic carbocycles. The Hall–Kier alpha value is -0.940. The molecule has 0 saturated heterocycles. The molecule has 0 radical (unpaired) electrons. The lowest BCUT2D eigenvalue weighted by atomic mass is 10.0. The van der Waals surface area contributed by atoms with Crippen LogP contribution in [0.5, 0.6) is 0 Å². The van der Waals surface area contributed by atoms with Crippen molar-refractivity contribution in [1.29, 1.82) is 0 Å². The maximum atomic E-state index is 11.7. The van der Waals surface area contributed by atoms with Gasteiger partial charge in [0.15, 0.2) is 0 Å². The molecule has 1 aromatic rings. The van der Waals surface area contributed by atoms with Gasteiger partial charge in [-0.1, -0.05) is 12.8 Å². The third-order valence-corrected chi connectivity index (χ3v) is 4.81. The number of nitrogens with one attached hydrogen (secondary N) is 1. The normalized spacial score (nSPS) is 19.3. The van der Waals surface area contributed by atoms with Gasteiger partial charge >= 0.3 is 0 Å². The molecule has 0 aromatic carbocycles. The van der Waals surface area contributed by atoms with Crippen LogP contribution in [0.25, 0.3) is 0 Å². The number of furan rings is 1. The van der Waals surface area contributed by atoms with Gasteiger partial charge in [-0.3, -0.25) is 4.79 Å². The van der Waals surface area contributed by atoms with E-state index in [-0.39, 0.29) is 12.5 Å². The summed E-state index contributed by atoms with van der Waals surface area (Å²) in [5.74, 6) is 0.916. The second-order valence-electron chi connectivity index (χ2n) is 5.25. The molecular formula is C14H21NO3S. The van der Waals surface area contributed by atoms with Crippen LogP contribution in [0.15, 0.2) is 22.8 Å². The lowest BCUT2D eigenvalue weighted by Crippen LogP contribution is -2.39. The second-order valence-corrected chi connectivity index (χ2v) is 6.53. The molecule has 2 N–H and O–H groups in total. The van der Waals surface area contributed by atoms with Gasteiger partial charge in [-0.25, -0.2) is 0 Å². The quantitative estimate of drug-likeness (QED) is 0.841. The van der Waals surface area contributed by atoms with Crippen LogP contribution in [-0.4, -0.2) is 28.6 Å². The minimum absolute atomic E-state index is 0.0243.